The van der Waals surface area contributed by atoms with E-state index in [1.54, 1.807) is 12.4 Å². The Morgan fingerprint density at radius 2 is 2.29 bits per heavy atom. The van der Waals surface area contributed by atoms with Crippen LogP contribution in [0.15, 0.2) is 30.6 Å². The predicted octanol–water partition coefficient (Wildman–Crippen LogP) is 1.88. The second kappa shape index (κ2) is 6.04. The van der Waals surface area contributed by atoms with Gasteiger partial charge in [0.2, 0.25) is 0 Å². The zero-order valence-electron chi connectivity index (χ0n) is 11.2. The van der Waals surface area contributed by atoms with E-state index in [1.807, 2.05) is 11.5 Å². The summed E-state index contributed by atoms with van der Waals surface area (Å²) in [5.41, 5.74) is -0.927. The van der Waals surface area contributed by atoms with Gasteiger partial charge in [-0.3, -0.25) is 10.1 Å². The Morgan fingerprint density at radius 1 is 1.52 bits per heavy atom. The number of ether oxygens (including phenoxy) is 1. The van der Waals surface area contributed by atoms with Crippen molar-refractivity contribution in [3.63, 3.8) is 0 Å². The van der Waals surface area contributed by atoms with Crippen molar-refractivity contribution in [2.75, 3.05) is 6.61 Å². The number of carboxylic acid groups (broad SMARTS) is 1. The fraction of sp³-hybridized carbons (Fsp3) is 0.231. The summed E-state index contributed by atoms with van der Waals surface area (Å²) >= 11 is 0. The molecule has 0 aliphatic rings. The summed E-state index contributed by atoms with van der Waals surface area (Å²) in [5.74, 6) is -0.610. The number of carbonyl (C=O) groups is 1. The molecule has 1 aromatic carbocycles. The van der Waals surface area contributed by atoms with Crippen LogP contribution in [-0.2, 0) is 6.54 Å². The molecule has 110 valence electrons. The largest absolute Gasteiger partial charge is 0.491 e. The topological polar surface area (TPSA) is 107 Å². The van der Waals surface area contributed by atoms with Gasteiger partial charge in [0.15, 0.2) is 5.56 Å². The molecule has 0 radical (unpaired) electrons. The van der Waals surface area contributed by atoms with Gasteiger partial charge in [-0.1, -0.05) is 6.07 Å². The zero-order chi connectivity index (χ0) is 15.4. The maximum Gasteiger partial charge on any atom is 0.346 e. The molecule has 0 fully saturated rings. The predicted molar refractivity (Wildman–Crippen MR) is 72.5 cm³/mol. The number of nitro groups is 1. The van der Waals surface area contributed by atoms with Gasteiger partial charge >= 0.3 is 5.97 Å². The van der Waals surface area contributed by atoms with Crippen LogP contribution in [0.2, 0.25) is 0 Å². The van der Waals surface area contributed by atoms with E-state index in [-0.39, 0.29) is 12.4 Å². The molecule has 2 rings (SSSR count). The molecule has 21 heavy (non-hydrogen) atoms. The van der Waals surface area contributed by atoms with E-state index in [2.05, 4.69) is 4.98 Å². The fourth-order valence-corrected chi connectivity index (χ4v) is 1.90. The standard InChI is InChI=1S/C13H13N3O5/c1-9-14-5-6-15(9)7-8-21-11-4-2-3-10(16(19)20)12(11)13(17)18/h2-6H,7-8H2,1H3,(H,17,18). The molecule has 0 aliphatic heterocycles. The van der Waals surface area contributed by atoms with Gasteiger partial charge in [-0.15, -0.1) is 0 Å². The number of hydrogen-bond acceptors (Lipinski definition) is 5. The van der Waals surface area contributed by atoms with Gasteiger partial charge in [0.25, 0.3) is 5.69 Å². The maximum absolute atomic E-state index is 11.2. The Labute approximate surface area is 119 Å². The lowest BCUT2D eigenvalue weighted by Crippen LogP contribution is -2.12. The highest BCUT2D eigenvalue weighted by molar-refractivity contribution is 5.95. The Bertz CT molecular complexity index is 680. The van der Waals surface area contributed by atoms with E-state index in [4.69, 9.17) is 9.84 Å². The minimum absolute atomic E-state index is 0.0190. The monoisotopic (exact) mass is 291 g/mol. The van der Waals surface area contributed by atoms with Gasteiger partial charge in [-0.2, -0.15) is 0 Å². The quantitative estimate of drug-likeness (QED) is 0.643. The summed E-state index contributed by atoms with van der Waals surface area (Å²) in [4.78, 5) is 25.4. The first kappa shape index (κ1) is 14.5. The third-order valence-electron chi connectivity index (χ3n) is 2.93. The number of aryl methyl sites for hydroxylation is 1. The Morgan fingerprint density at radius 3 is 2.86 bits per heavy atom. The van der Waals surface area contributed by atoms with E-state index in [0.717, 1.165) is 11.9 Å². The lowest BCUT2D eigenvalue weighted by Gasteiger charge is -2.10. The number of carboxylic acids is 1. The molecule has 2 aromatic rings. The van der Waals surface area contributed by atoms with Crippen molar-refractivity contribution in [1.82, 2.24) is 9.55 Å². The maximum atomic E-state index is 11.2. The molecule has 0 saturated carbocycles. The summed E-state index contributed by atoms with van der Waals surface area (Å²) in [6.45, 7) is 2.47. The molecular formula is C13H13N3O5. The third-order valence-corrected chi connectivity index (χ3v) is 2.93. The second-order valence-corrected chi connectivity index (χ2v) is 4.23. The minimum atomic E-state index is -1.39. The molecule has 0 saturated heterocycles. The SMILES string of the molecule is Cc1nccn1CCOc1cccc([N+](=O)[O-])c1C(=O)O. The van der Waals surface area contributed by atoms with Crippen molar-refractivity contribution in [3.05, 3.63) is 52.1 Å². The molecule has 0 spiro atoms. The van der Waals surface area contributed by atoms with Crippen molar-refractivity contribution in [2.45, 2.75) is 13.5 Å². The van der Waals surface area contributed by atoms with Crippen LogP contribution in [-0.4, -0.2) is 32.2 Å². The average Bonchev–Trinajstić information content (AvgIpc) is 2.84. The van der Waals surface area contributed by atoms with Crippen LogP contribution in [0.3, 0.4) is 0 Å². The highest BCUT2D eigenvalue weighted by atomic mass is 16.6. The van der Waals surface area contributed by atoms with Crippen LogP contribution < -0.4 is 4.74 Å². The first-order valence-corrected chi connectivity index (χ1v) is 6.12. The first-order valence-electron chi connectivity index (χ1n) is 6.12. The van der Waals surface area contributed by atoms with Crippen LogP contribution in [0.4, 0.5) is 5.69 Å². The van der Waals surface area contributed by atoms with E-state index < -0.39 is 22.1 Å². The molecule has 0 bridgehead atoms. The van der Waals surface area contributed by atoms with Gasteiger partial charge in [0.1, 0.15) is 18.2 Å². The van der Waals surface area contributed by atoms with Crippen molar-refractivity contribution >= 4 is 11.7 Å². The van der Waals surface area contributed by atoms with E-state index >= 15 is 0 Å². The van der Waals surface area contributed by atoms with Crippen molar-refractivity contribution in [1.29, 1.82) is 0 Å². The van der Waals surface area contributed by atoms with Crippen LogP contribution >= 0.6 is 0 Å². The number of imidazole rings is 1. The normalized spacial score (nSPS) is 10.3. The lowest BCUT2D eigenvalue weighted by atomic mass is 10.1. The summed E-state index contributed by atoms with van der Waals surface area (Å²) in [6.07, 6.45) is 3.41. The molecule has 8 heteroatoms. The molecule has 0 amide bonds. The van der Waals surface area contributed by atoms with Gasteiger partial charge in [0.05, 0.1) is 11.5 Å². The number of aromatic nitrogens is 2. The van der Waals surface area contributed by atoms with Crippen LogP contribution in [0.25, 0.3) is 0 Å². The first-order chi connectivity index (χ1) is 10.0. The number of nitro benzene ring substituents is 1. The molecule has 1 N–H and O–H groups in total. The second-order valence-electron chi connectivity index (χ2n) is 4.23. The number of hydrogen-bond donors (Lipinski definition) is 1. The van der Waals surface area contributed by atoms with Crippen molar-refractivity contribution in [3.8, 4) is 5.75 Å². The Hall–Kier alpha value is -2.90. The lowest BCUT2D eigenvalue weighted by molar-refractivity contribution is -0.385. The highest BCUT2D eigenvalue weighted by Crippen LogP contribution is 2.28. The number of benzene rings is 1. The molecule has 0 aliphatic carbocycles. The molecule has 8 nitrogen and oxygen atoms in total. The molecule has 0 atom stereocenters. The van der Waals surface area contributed by atoms with Gasteiger partial charge in [-0.25, -0.2) is 9.78 Å². The number of aromatic carboxylic acids is 1. The molecular weight excluding hydrogens is 278 g/mol. The molecule has 1 heterocycles. The molecule has 1 aromatic heterocycles. The van der Waals surface area contributed by atoms with Crippen LogP contribution in [0, 0.1) is 17.0 Å². The van der Waals surface area contributed by atoms with Crippen molar-refractivity contribution < 1.29 is 19.6 Å². The third kappa shape index (κ3) is 3.16. The zero-order valence-corrected chi connectivity index (χ0v) is 11.2. The molecule has 0 unspecified atom stereocenters. The van der Waals surface area contributed by atoms with Crippen LogP contribution in [0.5, 0.6) is 5.75 Å². The van der Waals surface area contributed by atoms with Gasteiger partial charge in [0, 0.05) is 18.5 Å². The van der Waals surface area contributed by atoms with E-state index in [1.165, 1.54) is 12.1 Å². The van der Waals surface area contributed by atoms with E-state index in [9.17, 15) is 14.9 Å². The summed E-state index contributed by atoms with van der Waals surface area (Å²) in [7, 11) is 0. The van der Waals surface area contributed by atoms with Gasteiger partial charge in [-0.05, 0) is 13.0 Å². The average molecular weight is 291 g/mol. The smallest absolute Gasteiger partial charge is 0.346 e. The number of nitrogens with zero attached hydrogens (tertiary/aromatic N) is 3. The minimum Gasteiger partial charge on any atom is -0.491 e. The van der Waals surface area contributed by atoms with Crippen LogP contribution in [0.1, 0.15) is 16.2 Å². The summed E-state index contributed by atoms with van der Waals surface area (Å²) < 4.78 is 7.21. The summed E-state index contributed by atoms with van der Waals surface area (Å²) in [5, 5.41) is 20.0. The Kier molecular flexibility index (Phi) is 4.17. The van der Waals surface area contributed by atoms with Crippen molar-refractivity contribution in [2.24, 2.45) is 0 Å². The highest BCUT2D eigenvalue weighted by Gasteiger charge is 2.24. The van der Waals surface area contributed by atoms with Gasteiger partial charge < -0.3 is 14.4 Å². The Balaban J connectivity index is 2.16. The fourth-order valence-electron chi connectivity index (χ4n) is 1.90. The summed E-state index contributed by atoms with van der Waals surface area (Å²) in [6, 6.07) is 3.93. The number of rotatable bonds is 6. The van der Waals surface area contributed by atoms with E-state index in [0.29, 0.717) is 6.54 Å².